The van der Waals surface area contributed by atoms with Crippen LogP contribution in [-0.4, -0.2) is 56.6 Å². The minimum absolute atomic E-state index is 0.230. The zero-order chi connectivity index (χ0) is 28.9. The maximum Gasteiger partial charge on any atom is 0.407 e. The molecule has 0 heterocycles. The lowest BCUT2D eigenvalue weighted by atomic mass is 10.1. The molecule has 38 heavy (non-hydrogen) atoms. The van der Waals surface area contributed by atoms with Crippen molar-refractivity contribution in [2.45, 2.75) is 33.5 Å². The highest BCUT2D eigenvalue weighted by atomic mass is 35.6. The molecule has 0 aliphatic heterocycles. The Kier molecular flexibility index (Phi) is 14.6. The standard InChI is InChI=1S/2C12H12Cl3NO3/c2*1-8(10(17)9-5-3-2-4-6-9)16-11(18)19-7-12(13,14)15/h2*2-6,8H,7H2,1H3,(H,16,18)/t2*8-/m10/s1. The summed E-state index contributed by atoms with van der Waals surface area (Å²) in [5.74, 6) is -0.460. The summed E-state index contributed by atoms with van der Waals surface area (Å²) in [6.07, 6.45) is -1.63. The molecular formula is C24H24Cl6N2O6. The zero-order valence-electron chi connectivity index (χ0n) is 20.1. The van der Waals surface area contributed by atoms with Gasteiger partial charge in [0.2, 0.25) is 7.59 Å². The topological polar surface area (TPSA) is 111 Å². The second-order valence-corrected chi connectivity index (χ2v) is 12.6. The molecule has 0 unspecified atom stereocenters. The molecule has 2 amide bonds. The van der Waals surface area contributed by atoms with Crippen molar-refractivity contribution in [1.82, 2.24) is 10.6 Å². The van der Waals surface area contributed by atoms with Gasteiger partial charge in [-0.2, -0.15) is 0 Å². The second-order valence-electron chi connectivity index (χ2n) is 7.58. The van der Waals surface area contributed by atoms with Crippen molar-refractivity contribution >= 4 is 93.4 Å². The van der Waals surface area contributed by atoms with Crippen LogP contribution in [0.5, 0.6) is 0 Å². The van der Waals surface area contributed by atoms with Gasteiger partial charge in [0.15, 0.2) is 11.6 Å². The van der Waals surface area contributed by atoms with E-state index >= 15 is 0 Å². The Morgan fingerprint density at radius 1 is 0.632 bits per heavy atom. The van der Waals surface area contributed by atoms with E-state index in [1.165, 1.54) is 0 Å². The maximum absolute atomic E-state index is 11.9. The molecule has 2 aromatic rings. The molecule has 14 heteroatoms. The Hall–Kier alpha value is -1.94. The highest BCUT2D eigenvalue weighted by Crippen LogP contribution is 2.26. The third kappa shape index (κ3) is 14.9. The molecule has 208 valence electrons. The Morgan fingerprint density at radius 3 is 1.18 bits per heavy atom. The first-order valence-electron chi connectivity index (χ1n) is 10.8. The number of hydrogen-bond donors (Lipinski definition) is 2. The summed E-state index contributed by atoms with van der Waals surface area (Å²) in [4.78, 5) is 46.6. The van der Waals surface area contributed by atoms with E-state index in [0.29, 0.717) is 11.1 Å². The van der Waals surface area contributed by atoms with Crippen molar-refractivity contribution in [2.75, 3.05) is 13.2 Å². The molecule has 0 aliphatic carbocycles. The molecule has 0 aromatic heterocycles. The molecule has 0 radical (unpaired) electrons. The van der Waals surface area contributed by atoms with Crippen LogP contribution in [-0.2, 0) is 9.47 Å². The smallest absolute Gasteiger partial charge is 0.407 e. The van der Waals surface area contributed by atoms with Crippen LogP contribution in [0.3, 0.4) is 0 Å². The van der Waals surface area contributed by atoms with Crippen LogP contribution in [0.1, 0.15) is 34.6 Å². The molecule has 0 aliphatic rings. The lowest BCUT2D eigenvalue weighted by molar-refractivity contribution is 0.0928. The van der Waals surface area contributed by atoms with Gasteiger partial charge >= 0.3 is 12.2 Å². The predicted octanol–water partition coefficient (Wildman–Crippen LogP) is 6.71. The fraction of sp³-hybridized carbons (Fsp3) is 0.333. The molecule has 0 spiro atoms. The number of benzene rings is 2. The van der Waals surface area contributed by atoms with E-state index in [2.05, 4.69) is 20.1 Å². The SMILES string of the molecule is C[C@@H](NC(=O)OCC(Cl)(Cl)Cl)C(=O)c1ccccc1.C[C@H](NC(=O)OCC(Cl)(Cl)Cl)C(=O)c1ccccc1. The Balaban J connectivity index is 0.000000380. The molecule has 0 fully saturated rings. The molecular weight excluding hydrogens is 625 g/mol. The van der Waals surface area contributed by atoms with Crippen molar-refractivity contribution in [2.24, 2.45) is 0 Å². The van der Waals surface area contributed by atoms with Gasteiger partial charge < -0.3 is 20.1 Å². The fourth-order valence-corrected chi connectivity index (χ4v) is 2.89. The number of hydrogen-bond acceptors (Lipinski definition) is 6. The van der Waals surface area contributed by atoms with Gasteiger partial charge in [-0.05, 0) is 13.8 Å². The normalized spacial score (nSPS) is 12.6. The predicted molar refractivity (Wildman–Crippen MR) is 150 cm³/mol. The second kappa shape index (κ2) is 16.2. The minimum Gasteiger partial charge on any atom is -0.445 e. The van der Waals surface area contributed by atoms with Crippen LogP contribution in [0.4, 0.5) is 9.59 Å². The van der Waals surface area contributed by atoms with E-state index in [-0.39, 0.29) is 11.6 Å². The first-order valence-corrected chi connectivity index (χ1v) is 13.0. The van der Waals surface area contributed by atoms with Crippen molar-refractivity contribution in [1.29, 1.82) is 0 Å². The van der Waals surface area contributed by atoms with Gasteiger partial charge in [0.1, 0.15) is 13.2 Å². The van der Waals surface area contributed by atoms with Crippen LogP contribution in [0.2, 0.25) is 0 Å². The Morgan fingerprint density at radius 2 is 0.921 bits per heavy atom. The number of alkyl carbamates (subject to hydrolysis) is 2. The van der Waals surface area contributed by atoms with Crippen molar-refractivity contribution < 1.29 is 28.7 Å². The number of rotatable bonds is 8. The maximum atomic E-state index is 11.9. The first kappa shape index (κ1) is 34.1. The average molecular weight is 649 g/mol. The highest BCUT2D eigenvalue weighted by Gasteiger charge is 2.25. The quantitative estimate of drug-likeness (QED) is 0.243. The number of amides is 2. The summed E-state index contributed by atoms with van der Waals surface area (Å²) in [6, 6.07) is 15.7. The van der Waals surface area contributed by atoms with Crippen LogP contribution < -0.4 is 10.6 Å². The molecule has 8 nitrogen and oxygen atoms in total. The van der Waals surface area contributed by atoms with Gasteiger partial charge in [-0.15, -0.1) is 0 Å². The van der Waals surface area contributed by atoms with Gasteiger partial charge in [0.25, 0.3) is 0 Å². The van der Waals surface area contributed by atoms with E-state index in [4.69, 9.17) is 69.6 Å². The number of ether oxygens (including phenoxy) is 2. The lowest BCUT2D eigenvalue weighted by Crippen LogP contribution is -2.39. The summed E-state index contributed by atoms with van der Waals surface area (Å²) in [6.45, 7) is 2.31. The third-order valence-electron chi connectivity index (χ3n) is 4.31. The number of ketones is 2. The fourth-order valence-electron chi connectivity index (χ4n) is 2.57. The van der Waals surface area contributed by atoms with Crippen molar-refractivity contribution in [3.63, 3.8) is 0 Å². The van der Waals surface area contributed by atoms with Crippen LogP contribution >= 0.6 is 69.6 Å². The van der Waals surface area contributed by atoms with Gasteiger partial charge in [0, 0.05) is 11.1 Å². The molecule has 2 N–H and O–H groups in total. The lowest BCUT2D eigenvalue weighted by Gasteiger charge is -2.15. The van der Waals surface area contributed by atoms with Gasteiger partial charge in [0.05, 0.1) is 12.1 Å². The molecule has 2 aromatic carbocycles. The van der Waals surface area contributed by atoms with Crippen LogP contribution in [0.25, 0.3) is 0 Å². The van der Waals surface area contributed by atoms with Crippen LogP contribution in [0, 0.1) is 0 Å². The van der Waals surface area contributed by atoms with Crippen molar-refractivity contribution in [3.05, 3.63) is 71.8 Å². The number of Topliss-reactive ketones (excluding diaryl/α,β-unsaturated/α-hetero) is 2. The monoisotopic (exact) mass is 646 g/mol. The Labute approximate surface area is 250 Å². The molecule has 2 atom stereocenters. The number of carbonyl (C=O) groups excluding carboxylic acids is 4. The first-order chi connectivity index (χ1) is 17.6. The average Bonchev–Trinajstić information content (AvgIpc) is 2.86. The van der Waals surface area contributed by atoms with E-state index < -0.39 is 45.1 Å². The van der Waals surface area contributed by atoms with E-state index in [0.717, 1.165) is 0 Å². The summed E-state index contributed by atoms with van der Waals surface area (Å²) >= 11 is 32.6. The van der Waals surface area contributed by atoms with Gasteiger partial charge in [-0.1, -0.05) is 130 Å². The summed E-state index contributed by atoms with van der Waals surface area (Å²) < 4.78 is 5.98. The van der Waals surface area contributed by atoms with E-state index in [1.54, 1.807) is 74.5 Å². The number of nitrogens with one attached hydrogen (secondary N) is 2. The van der Waals surface area contributed by atoms with E-state index in [1.807, 2.05) is 0 Å². The number of carbonyl (C=O) groups is 4. The van der Waals surface area contributed by atoms with Gasteiger partial charge in [-0.3, -0.25) is 9.59 Å². The van der Waals surface area contributed by atoms with Crippen molar-refractivity contribution in [3.8, 4) is 0 Å². The number of alkyl halides is 6. The zero-order valence-corrected chi connectivity index (χ0v) is 24.6. The molecule has 2 rings (SSSR count). The van der Waals surface area contributed by atoms with E-state index in [9.17, 15) is 19.2 Å². The molecule has 0 saturated heterocycles. The molecule has 0 saturated carbocycles. The Bertz CT molecular complexity index is 976. The highest BCUT2D eigenvalue weighted by molar-refractivity contribution is 6.68. The van der Waals surface area contributed by atoms with Gasteiger partial charge in [-0.25, -0.2) is 9.59 Å². The third-order valence-corrected chi connectivity index (χ3v) is 4.96. The summed E-state index contributed by atoms with van der Waals surface area (Å²) in [5.41, 5.74) is 0.994. The molecule has 0 bridgehead atoms. The van der Waals surface area contributed by atoms with Crippen LogP contribution in [0.15, 0.2) is 60.7 Å². The largest absolute Gasteiger partial charge is 0.445 e. The number of halogens is 6. The summed E-state index contributed by atoms with van der Waals surface area (Å²) in [5, 5.41) is 4.73. The minimum atomic E-state index is -1.68. The summed E-state index contributed by atoms with van der Waals surface area (Å²) in [7, 11) is 0.